The van der Waals surface area contributed by atoms with Gasteiger partial charge in [0.15, 0.2) is 5.69 Å². The van der Waals surface area contributed by atoms with Crippen LogP contribution in [0.25, 0.3) is 16.9 Å². The molecule has 25 heavy (non-hydrogen) atoms. The zero-order valence-electron chi connectivity index (χ0n) is 13.4. The first-order valence-electron chi connectivity index (χ1n) is 8.11. The van der Waals surface area contributed by atoms with Crippen LogP contribution in [0.4, 0.5) is 8.78 Å². The third-order valence-corrected chi connectivity index (χ3v) is 5.31. The second kappa shape index (κ2) is 6.88. The molecule has 0 atom stereocenters. The third-order valence-electron chi connectivity index (χ3n) is 4.15. The van der Waals surface area contributed by atoms with E-state index in [1.807, 2.05) is 42.1 Å². The predicted octanol–water partition coefficient (Wildman–Crippen LogP) is 4.53. The fourth-order valence-electron chi connectivity index (χ4n) is 3.04. The van der Waals surface area contributed by atoms with E-state index in [1.165, 1.54) is 5.16 Å². The smallest absolute Gasteiger partial charge is 0.387 e. The van der Waals surface area contributed by atoms with Crippen molar-refractivity contribution in [2.45, 2.75) is 24.7 Å². The zero-order valence-corrected chi connectivity index (χ0v) is 14.3. The molecule has 0 aliphatic carbocycles. The number of imidazole rings is 1. The summed E-state index contributed by atoms with van der Waals surface area (Å²) in [5.41, 5.74) is 3.18. The first-order chi connectivity index (χ1) is 12.2. The number of nitrogens with zero attached hydrogens (tertiary/aromatic N) is 2. The van der Waals surface area contributed by atoms with E-state index in [9.17, 15) is 8.78 Å². The lowest BCUT2D eigenvalue weighted by Crippen LogP contribution is -2.40. The molecule has 3 aromatic rings. The van der Waals surface area contributed by atoms with Gasteiger partial charge in [-0.15, -0.1) is 0 Å². The van der Waals surface area contributed by atoms with Crippen LogP contribution in [0, 0.1) is 0 Å². The summed E-state index contributed by atoms with van der Waals surface area (Å²) in [6, 6.07) is 17.0. The summed E-state index contributed by atoms with van der Waals surface area (Å²) in [4.78, 5) is 0. The molecular weight excluding hydrogens is 342 g/mol. The second-order valence-electron chi connectivity index (χ2n) is 5.76. The Morgan fingerprint density at radius 1 is 1.04 bits per heavy atom. The number of benzene rings is 2. The molecule has 128 valence electrons. The summed E-state index contributed by atoms with van der Waals surface area (Å²) < 4.78 is 33.6. The fourth-order valence-corrected chi connectivity index (χ4v) is 4.14. The summed E-state index contributed by atoms with van der Waals surface area (Å²) in [6.45, 7) is -1.85. The highest BCUT2D eigenvalue weighted by Crippen LogP contribution is 2.29. The van der Waals surface area contributed by atoms with Crippen molar-refractivity contribution < 1.29 is 18.1 Å². The molecule has 0 unspecified atom stereocenters. The molecule has 2 aromatic carbocycles. The Labute approximate surface area is 148 Å². The number of ether oxygens (including phenoxy) is 1. The van der Waals surface area contributed by atoms with Crippen LogP contribution in [0.3, 0.4) is 0 Å². The van der Waals surface area contributed by atoms with E-state index in [2.05, 4.69) is 32.2 Å². The molecule has 0 radical (unpaired) electrons. The Balaban J connectivity index is 1.76. The van der Waals surface area contributed by atoms with Crippen LogP contribution in [0.5, 0.6) is 5.75 Å². The van der Waals surface area contributed by atoms with Crippen molar-refractivity contribution in [2.75, 3.05) is 5.75 Å². The van der Waals surface area contributed by atoms with Crippen molar-refractivity contribution in [3.63, 3.8) is 0 Å². The lowest BCUT2D eigenvalue weighted by Gasteiger charge is -2.11. The van der Waals surface area contributed by atoms with Gasteiger partial charge in [-0.3, -0.25) is 0 Å². The quantitative estimate of drug-likeness (QED) is 0.637. The highest BCUT2D eigenvalue weighted by Gasteiger charge is 2.28. The van der Waals surface area contributed by atoms with E-state index < -0.39 is 6.61 Å². The largest absolute Gasteiger partial charge is 0.435 e. The van der Waals surface area contributed by atoms with E-state index in [0.717, 1.165) is 35.7 Å². The molecule has 6 heteroatoms. The molecule has 0 N–H and O–H groups in total. The van der Waals surface area contributed by atoms with E-state index in [1.54, 1.807) is 12.1 Å². The van der Waals surface area contributed by atoms with Gasteiger partial charge >= 0.3 is 11.8 Å². The third kappa shape index (κ3) is 3.26. The Hall–Kier alpha value is -2.34. The predicted molar refractivity (Wildman–Crippen MR) is 93.4 cm³/mol. The highest BCUT2D eigenvalue weighted by atomic mass is 32.2. The lowest BCUT2D eigenvalue weighted by atomic mass is 10.1. The van der Waals surface area contributed by atoms with E-state index >= 15 is 0 Å². The van der Waals surface area contributed by atoms with Crippen LogP contribution < -0.4 is 9.30 Å². The monoisotopic (exact) mass is 359 g/mol. The maximum atomic E-state index is 12.3. The van der Waals surface area contributed by atoms with Crippen molar-refractivity contribution in [2.24, 2.45) is 0 Å². The van der Waals surface area contributed by atoms with Gasteiger partial charge in [-0.1, -0.05) is 18.2 Å². The summed E-state index contributed by atoms with van der Waals surface area (Å²) in [5, 5.41) is 1.19. The Morgan fingerprint density at radius 2 is 1.80 bits per heavy atom. The average Bonchev–Trinajstić information content (AvgIpc) is 3.02. The number of rotatable bonds is 4. The topological polar surface area (TPSA) is 18.0 Å². The Morgan fingerprint density at radius 3 is 2.52 bits per heavy atom. The lowest BCUT2D eigenvalue weighted by molar-refractivity contribution is -0.724. The van der Waals surface area contributed by atoms with Crippen LogP contribution >= 0.6 is 11.8 Å². The van der Waals surface area contributed by atoms with Crippen LogP contribution in [-0.4, -0.2) is 16.9 Å². The maximum absolute atomic E-state index is 12.3. The molecule has 0 bridgehead atoms. The minimum Gasteiger partial charge on any atom is -0.435 e. The molecule has 0 saturated carbocycles. The van der Waals surface area contributed by atoms with Gasteiger partial charge < -0.3 is 4.74 Å². The number of halogens is 2. The summed E-state index contributed by atoms with van der Waals surface area (Å²) in [5.74, 6) is 1.27. The van der Waals surface area contributed by atoms with Gasteiger partial charge in [0, 0.05) is 11.3 Å². The number of hydrogen-bond donors (Lipinski definition) is 0. The number of alkyl halides is 2. The van der Waals surface area contributed by atoms with Gasteiger partial charge in [-0.05, 0) is 54.6 Å². The first-order valence-corrected chi connectivity index (χ1v) is 9.09. The molecule has 1 aliphatic heterocycles. The van der Waals surface area contributed by atoms with Crippen molar-refractivity contribution in [1.82, 2.24) is 4.57 Å². The normalized spacial score (nSPS) is 13.7. The highest BCUT2D eigenvalue weighted by molar-refractivity contribution is 7.99. The number of thioether (sulfide) groups is 1. The van der Waals surface area contributed by atoms with Crippen molar-refractivity contribution in [3.05, 3.63) is 60.8 Å². The molecule has 2 heterocycles. The van der Waals surface area contributed by atoms with Gasteiger partial charge in [-0.25, -0.2) is 4.57 Å². The number of hydrogen-bond acceptors (Lipinski definition) is 2. The molecule has 0 spiro atoms. The number of para-hydroxylation sites is 1. The molecule has 4 rings (SSSR count). The van der Waals surface area contributed by atoms with Gasteiger partial charge in [0.05, 0.1) is 6.54 Å². The summed E-state index contributed by atoms with van der Waals surface area (Å²) >= 11 is 1.84. The van der Waals surface area contributed by atoms with Gasteiger partial charge in [0.1, 0.15) is 17.6 Å². The Bertz CT molecular complexity index is 863. The molecule has 3 nitrogen and oxygen atoms in total. The maximum Gasteiger partial charge on any atom is 0.387 e. The standard InChI is InChI=1S/C19H17F2N2OS/c20-18(21)24-16-9-7-14(8-10-16)17-13-23(15-5-2-1-3-6-15)19-22(17)11-4-12-25-19/h1-3,5-10,13,18H,4,11-12H2/q+1. The molecule has 1 aromatic heterocycles. The molecule has 0 amide bonds. The van der Waals surface area contributed by atoms with Crippen LogP contribution in [0.1, 0.15) is 6.42 Å². The SMILES string of the molecule is FC(F)Oc1ccc(-c2cn(-c3ccccc3)c3[n+]2CCCS3)cc1. The second-order valence-corrected chi connectivity index (χ2v) is 6.82. The van der Waals surface area contributed by atoms with Gasteiger partial charge in [0.25, 0.3) is 0 Å². The number of fused-ring (bicyclic) bond motifs is 1. The van der Waals surface area contributed by atoms with E-state index in [-0.39, 0.29) is 5.75 Å². The Kier molecular flexibility index (Phi) is 4.44. The minimum absolute atomic E-state index is 0.175. The zero-order chi connectivity index (χ0) is 17.2. The molecular formula is C19H17F2N2OS+. The van der Waals surface area contributed by atoms with Gasteiger partial charge in [-0.2, -0.15) is 13.3 Å². The van der Waals surface area contributed by atoms with E-state index in [0.29, 0.717) is 0 Å². The molecule has 0 fully saturated rings. The van der Waals surface area contributed by atoms with Crippen LogP contribution in [0.15, 0.2) is 66.0 Å². The summed E-state index contributed by atoms with van der Waals surface area (Å²) in [6.07, 6.45) is 3.23. The van der Waals surface area contributed by atoms with E-state index in [4.69, 9.17) is 0 Å². The first kappa shape index (κ1) is 16.1. The number of aromatic nitrogens is 2. The van der Waals surface area contributed by atoms with Crippen molar-refractivity contribution in [3.8, 4) is 22.7 Å². The molecule has 1 aliphatic rings. The van der Waals surface area contributed by atoms with Crippen molar-refractivity contribution in [1.29, 1.82) is 0 Å². The summed E-state index contributed by atoms with van der Waals surface area (Å²) in [7, 11) is 0. The average molecular weight is 359 g/mol. The van der Waals surface area contributed by atoms with Crippen LogP contribution in [-0.2, 0) is 6.54 Å². The minimum atomic E-state index is -2.80. The fraction of sp³-hybridized carbons (Fsp3) is 0.211. The van der Waals surface area contributed by atoms with Gasteiger partial charge in [0.2, 0.25) is 0 Å². The van der Waals surface area contributed by atoms with Crippen molar-refractivity contribution >= 4 is 11.8 Å². The van der Waals surface area contributed by atoms with Crippen LogP contribution in [0.2, 0.25) is 0 Å². The molecule has 0 saturated heterocycles.